The van der Waals surface area contributed by atoms with Gasteiger partial charge in [-0.15, -0.1) is 0 Å². The summed E-state index contributed by atoms with van der Waals surface area (Å²) in [6, 6.07) is -0.225. The Kier molecular flexibility index (Phi) is 4.43. The van der Waals surface area contributed by atoms with Crippen LogP contribution >= 0.6 is 0 Å². The van der Waals surface area contributed by atoms with Crippen molar-refractivity contribution in [1.82, 2.24) is 19.2 Å². The van der Waals surface area contributed by atoms with Gasteiger partial charge in [0, 0.05) is 45.4 Å². The van der Waals surface area contributed by atoms with E-state index in [0.717, 1.165) is 5.82 Å². The summed E-state index contributed by atoms with van der Waals surface area (Å²) in [6.45, 7) is 0.802. The van der Waals surface area contributed by atoms with Gasteiger partial charge in [0.15, 0.2) is 0 Å². The predicted octanol–water partition coefficient (Wildman–Crippen LogP) is -0.352. The number of carbonyl (C=O) groups excluding carboxylic acids is 1. The molecule has 3 heterocycles. The van der Waals surface area contributed by atoms with E-state index < -0.39 is 15.3 Å². The molecule has 2 aliphatic heterocycles. The average Bonchev–Trinajstić information content (AvgIpc) is 2.83. The van der Waals surface area contributed by atoms with Crippen molar-refractivity contribution in [3.8, 4) is 0 Å². The highest BCUT2D eigenvalue weighted by molar-refractivity contribution is 7.90. The van der Waals surface area contributed by atoms with Gasteiger partial charge in [-0.1, -0.05) is 0 Å². The number of piperidine rings is 1. The van der Waals surface area contributed by atoms with E-state index in [4.69, 9.17) is 4.74 Å². The maximum atomic E-state index is 12.2. The third-order valence-corrected chi connectivity index (χ3v) is 6.42. The summed E-state index contributed by atoms with van der Waals surface area (Å²) in [5.41, 5.74) is 0. The Bertz CT molecular complexity index is 683. The first-order valence-electron chi connectivity index (χ1n) is 7.69. The van der Waals surface area contributed by atoms with Crippen molar-refractivity contribution >= 4 is 15.9 Å². The van der Waals surface area contributed by atoms with Gasteiger partial charge in [-0.2, -0.15) is 0 Å². The largest absolute Gasteiger partial charge is 0.378 e. The lowest BCUT2D eigenvalue weighted by Gasteiger charge is -2.39. The number of amides is 1. The van der Waals surface area contributed by atoms with Crippen LogP contribution in [-0.4, -0.2) is 60.8 Å². The van der Waals surface area contributed by atoms with E-state index in [2.05, 4.69) is 9.71 Å². The minimum absolute atomic E-state index is 0.00503. The first kappa shape index (κ1) is 16.4. The summed E-state index contributed by atoms with van der Waals surface area (Å²) < 4.78 is 33.9. The number of hydrogen-bond donors (Lipinski definition) is 1. The van der Waals surface area contributed by atoms with Crippen molar-refractivity contribution < 1.29 is 17.9 Å². The Labute approximate surface area is 135 Å². The molecule has 23 heavy (non-hydrogen) atoms. The van der Waals surface area contributed by atoms with Crippen LogP contribution in [-0.2, 0) is 26.6 Å². The fourth-order valence-corrected chi connectivity index (χ4v) is 4.34. The molecule has 0 aliphatic carbocycles. The second kappa shape index (κ2) is 6.21. The third-order valence-electron chi connectivity index (χ3n) is 4.70. The van der Waals surface area contributed by atoms with Crippen molar-refractivity contribution in [3.63, 3.8) is 0 Å². The zero-order chi connectivity index (χ0) is 16.6. The van der Waals surface area contributed by atoms with Crippen molar-refractivity contribution in [3.05, 3.63) is 18.2 Å². The molecule has 0 radical (unpaired) electrons. The van der Waals surface area contributed by atoms with Gasteiger partial charge in [-0.25, -0.2) is 18.1 Å². The van der Waals surface area contributed by atoms with Gasteiger partial charge in [0.25, 0.3) is 0 Å². The molecule has 9 heteroatoms. The number of aryl methyl sites for hydroxylation is 1. The summed E-state index contributed by atoms with van der Waals surface area (Å²) in [6.07, 6.45) is 4.59. The zero-order valence-electron chi connectivity index (χ0n) is 13.3. The van der Waals surface area contributed by atoms with Gasteiger partial charge < -0.3 is 14.2 Å². The lowest BCUT2D eigenvalue weighted by atomic mass is 9.88. The molecule has 8 nitrogen and oxygen atoms in total. The third kappa shape index (κ3) is 3.13. The number of ether oxygens (including phenoxy) is 1. The molecule has 1 aromatic rings. The quantitative estimate of drug-likeness (QED) is 0.789. The molecule has 1 aromatic heterocycles. The van der Waals surface area contributed by atoms with E-state index >= 15 is 0 Å². The number of imidazole rings is 1. The van der Waals surface area contributed by atoms with E-state index in [1.54, 1.807) is 18.1 Å². The molecule has 1 amide bonds. The molecule has 2 saturated heterocycles. The molecule has 0 bridgehead atoms. The number of hydrogen-bond acceptors (Lipinski definition) is 5. The van der Waals surface area contributed by atoms with Gasteiger partial charge >= 0.3 is 0 Å². The van der Waals surface area contributed by atoms with Crippen LogP contribution in [0.5, 0.6) is 0 Å². The Morgan fingerprint density at radius 1 is 1.39 bits per heavy atom. The fourth-order valence-electron chi connectivity index (χ4n) is 3.11. The Balaban J connectivity index is 1.76. The topological polar surface area (TPSA) is 93.5 Å². The molecule has 128 valence electrons. The standard InChI is InChI=1S/C14H22N4O4S/c1-17-6-5-15-14(17)13-10(3-4-12(19)18(13)2)7-16-23(20,21)11-8-22-9-11/h5-6,10-11,13,16H,3-4,7-9H2,1-2H3/t10-,13+/m1/s1. The minimum Gasteiger partial charge on any atom is -0.378 e. The number of likely N-dealkylation sites (tertiary alicyclic amines) is 1. The fraction of sp³-hybridized carbons (Fsp3) is 0.714. The minimum atomic E-state index is -3.36. The lowest BCUT2D eigenvalue weighted by molar-refractivity contribution is -0.137. The Hall–Kier alpha value is -1.45. The Morgan fingerprint density at radius 2 is 2.13 bits per heavy atom. The van der Waals surface area contributed by atoms with Gasteiger partial charge in [-0.3, -0.25) is 4.79 Å². The van der Waals surface area contributed by atoms with E-state index in [-0.39, 0.29) is 31.1 Å². The SMILES string of the molecule is CN1C(=O)CC[C@H](CNS(=O)(=O)C2COC2)[C@H]1c1nccn1C. The van der Waals surface area contributed by atoms with Gasteiger partial charge in [0.05, 0.1) is 19.3 Å². The second-order valence-electron chi connectivity index (χ2n) is 6.20. The number of nitrogens with one attached hydrogen (secondary N) is 1. The first-order valence-corrected chi connectivity index (χ1v) is 9.24. The highest BCUT2D eigenvalue weighted by Gasteiger charge is 2.39. The monoisotopic (exact) mass is 342 g/mol. The molecule has 2 fully saturated rings. The van der Waals surface area contributed by atoms with E-state index in [1.807, 2.05) is 17.8 Å². The predicted molar refractivity (Wildman–Crippen MR) is 83.0 cm³/mol. The first-order chi connectivity index (χ1) is 10.9. The van der Waals surface area contributed by atoms with E-state index in [0.29, 0.717) is 19.4 Å². The van der Waals surface area contributed by atoms with Crippen LogP contribution in [0.2, 0.25) is 0 Å². The van der Waals surface area contributed by atoms with Crippen LogP contribution < -0.4 is 4.72 Å². The molecule has 0 unspecified atom stereocenters. The summed E-state index contributed by atoms with van der Waals surface area (Å²) in [5, 5.41) is -0.461. The maximum absolute atomic E-state index is 12.2. The smallest absolute Gasteiger partial charge is 0.222 e. The molecule has 0 spiro atoms. The van der Waals surface area contributed by atoms with Crippen LogP contribution in [0, 0.1) is 5.92 Å². The molecule has 0 aromatic carbocycles. The summed E-state index contributed by atoms with van der Waals surface area (Å²) in [5.74, 6) is 0.829. The zero-order valence-corrected chi connectivity index (χ0v) is 14.1. The normalized spacial score (nSPS) is 26.3. The highest BCUT2D eigenvalue weighted by Crippen LogP contribution is 2.34. The van der Waals surface area contributed by atoms with Crippen molar-refractivity contribution in [2.45, 2.75) is 24.1 Å². The van der Waals surface area contributed by atoms with Crippen molar-refractivity contribution in [2.75, 3.05) is 26.8 Å². The van der Waals surface area contributed by atoms with Gasteiger partial charge in [-0.05, 0) is 6.42 Å². The van der Waals surface area contributed by atoms with Crippen LogP contribution in [0.1, 0.15) is 24.7 Å². The van der Waals surface area contributed by atoms with Crippen LogP contribution in [0.15, 0.2) is 12.4 Å². The molecular weight excluding hydrogens is 320 g/mol. The number of aromatic nitrogens is 2. The van der Waals surface area contributed by atoms with E-state index in [9.17, 15) is 13.2 Å². The molecule has 3 rings (SSSR count). The summed E-state index contributed by atoms with van der Waals surface area (Å²) >= 11 is 0. The van der Waals surface area contributed by atoms with Gasteiger partial charge in [0.1, 0.15) is 11.1 Å². The Morgan fingerprint density at radius 3 is 2.70 bits per heavy atom. The summed E-state index contributed by atoms with van der Waals surface area (Å²) in [4.78, 5) is 18.1. The number of carbonyl (C=O) groups is 1. The lowest BCUT2D eigenvalue weighted by Crippen LogP contribution is -2.50. The van der Waals surface area contributed by atoms with Gasteiger partial charge in [0.2, 0.25) is 15.9 Å². The maximum Gasteiger partial charge on any atom is 0.222 e. The van der Waals surface area contributed by atoms with Crippen molar-refractivity contribution in [1.29, 1.82) is 0 Å². The van der Waals surface area contributed by atoms with Crippen LogP contribution in [0.25, 0.3) is 0 Å². The molecule has 0 saturated carbocycles. The molecule has 2 aliphatic rings. The molecule has 2 atom stereocenters. The van der Waals surface area contributed by atoms with Crippen LogP contribution in [0.4, 0.5) is 0 Å². The molecule has 1 N–H and O–H groups in total. The van der Waals surface area contributed by atoms with Crippen LogP contribution in [0.3, 0.4) is 0 Å². The van der Waals surface area contributed by atoms with Crippen molar-refractivity contribution in [2.24, 2.45) is 13.0 Å². The number of nitrogens with zero attached hydrogens (tertiary/aromatic N) is 3. The number of sulfonamides is 1. The highest BCUT2D eigenvalue weighted by atomic mass is 32.2. The average molecular weight is 342 g/mol. The van der Waals surface area contributed by atoms with E-state index in [1.165, 1.54) is 0 Å². The molecular formula is C14H22N4O4S. The summed E-state index contributed by atoms with van der Waals surface area (Å²) in [7, 11) is 0.267. The second-order valence-corrected chi connectivity index (χ2v) is 8.24. The number of rotatable bonds is 5.